The number of carbonyl (C=O) groups excluding carboxylic acids is 5. The van der Waals surface area contributed by atoms with Gasteiger partial charge >= 0.3 is 30.2 Å². The van der Waals surface area contributed by atoms with E-state index in [1.165, 1.54) is 104 Å². The number of aliphatic hydroxyl groups excluding tert-OH is 1. The second kappa shape index (κ2) is 29.6. The fourth-order valence-corrected chi connectivity index (χ4v) is 14.4. The quantitative estimate of drug-likeness (QED) is 0.0281. The molecule has 0 bridgehead atoms. The van der Waals surface area contributed by atoms with Crippen LogP contribution in [0.4, 0.5) is 9.59 Å². The number of aliphatic hydroxyl groups is 2. The molecule has 3 heterocycles. The minimum Gasteiger partial charge on any atom is -0.457 e. The van der Waals surface area contributed by atoms with Gasteiger partial charge < -0.3 is 67.6 Å². The van der Waals surface area contributed by atoms with E-state index in [1.807, 2.05) is 20.8 Å². The van der Waals surface area contributed by atoms with E-state index in [1.54, 1.807) is 58.0 Å². The van der Waals surface area contributed by atoms with Crippen LogP contribution in [0, 0.1) is 22.7 Å². The van der Waals surface area contributed by atoms with Crippen molar-refractivity contribution in [3.8, 4) is 0 Å². The van der Waals surface area contributed by atoms with Gasteiger partial charge in [-0.2, -0.15) is 0 Å². The third-order valence-corrected chi connectivity index (χ3v) is 18.4. The molecule has 7 rings (SSSR count). The Morgan fingerprint density at radius 2 is 1.47 bits per heavy atom. The van der Waals surface area contributed by atoms with E-state index in [0.29, 0.717) is 6.42 Å². The van der Waals surface area contributed by atoms with Crippen LogP contribution >= 0.6 is 0 Å². The Kier molecular flexibility index (Phi) is 23.6. The van der Waals surface area contributed by atoms with E-state index in [4.69, 9.17) is 52.1 Å². The molecule has 19 nitrogen and oxygen atoms in total. The van der Waals surface area contributed by atoms with Crippen molar-refractivity contribution >= 4 is 30.2 Å². The molecule has 5 fully saturated rings. The second-order valence-electron chi connectivity index (χ2n) is 26.8. The van der Waals surface area contributed by atoms with Gasteiger partial charge in [0.15, 0.2) is 18.2 Å². The van der Waals surface area contributed by atoms with Gasteiger partial charge in [0.05, 0.1) is 54.0 Å². The lowest BCUT2D eigenvalue weighted by Gasteiger charge is -2.67. The van der Waals surface area contributed by atoms with Gasteiger partial charge in [0.25, 0.3) is 0 Å². The number of benzene rings is 1. The molecule has 2 unspecified atom stereocenters. The lowest BCUT2D eigenvalue weighted by atomic mass is 9.49. The maximum absolute atomic E-state index is 15.3. The van der Waals surface area contributed by atoms with Crippen molar-refractivity contribution in [2.75, 3.05) is 19.8 Å². The van der Waals surface area contributed by atoms with E-state index in [-0.39, 0.29) is 61.7 Å². The first-order chi connectivity index (χ1) is 40.3. The molecule has 0 radical (unpaired) electrons. The van der Waals surface area contributed by atoms with Crippen molar-refractivity contribution in [3.63, 3.8) is 0 Å². The second-order valence-corrected chi connectivity index (χ2v) is 26.8. The Morgan fingerprint density at radius 1 is 0.847 bits per heavy atom. The summed E-state index contributed by atoms with van der Waals surface area (Å²) in [5.74, 6) is -3.85. The van der Waals surface area contributed by atoms with Crippen molar-refractivity contribution in [3.05, 3.63) is 59.7 Å². The summed E-state index contributed by atoms with van der Waals surface area (Å²) in [6.07, 6.45) is 7.77. The number of carbonyl (C=O) groups is 5. The number of fused-ring (bicyclic) bond motifs is 3. The molecule has 3 saturated heterocycles. The first kappa shape index (κ1) is 67.9. The molecule has 478 valence electrons. The smallest absolute Gasteiger partial charge is 0.457 e. The van der Waals surface area contributed by atoms with E-state index in [2.05, 4.69) is 18.8 Å². The van der Waals surface area contributed by atoms with Crippen LogP contribution in [0.1, 0.15) is 209 Å². The van der Waals surface area contributed by atoms with E-state index >= 15 is 4.79 Å². The monoisotopic (exact) mass is 1200 g/mol. The van der Waals surface area contributed by atoms with Gasteiger partial charge in [0.2, 0.25) is 6.10 Å². The number of unbranched alkanes of at least 4 members (excludes halogenated alkanes) is 14. The first-order valence-corrected chi connectivity index (χ1v) is 31.7. The molecule has 1 aromatic carbocycles. The zero-order chi connectivity index (χ0) is 61.9. The highest BCUT2D eigenvalue weighted by Crippen LogP contribution is 2.69. The van der Waals surface area contributed by atoms with Crippen LogP contribution in [0.15, 0.2) is 54.1 Å². The van der Waals surface area contributed by atoms with Crippen molar-refractivity contribution in [2.24, 2.45) is 22.7 Å². The van der Waals surface area contributed by atoms with Crippen molar-refractivity contribution in [2.45, 2.75) is 282 Å². The van der Waals surface area contributed by atoms with Gasteiger partial charge in [0, 0.05) is 25.2 Å². The molecule has 0 spiro atoms. The van der Waals surface area contributed by atoms with Gasteiger partial charge in [-0.1, -0.05) is 142 Å². The van der Waals surface area contributed by atoms with Crippen LogP contribution in [0.5, 0.6) is 0 Å². The molecule has 3 N–H and O–H groups in total. The number of alkyl carbamates (subject to hydrolysis) is 1. The van der Waals surface area contributed by atoms with Gasteiger partial charge in [-0.15, -0.1) is 0 Å². The summed E-state index contributed by atoms with van der Waals surface area (Å²) >= 11 is 0. The van der Waals surface area contributed by atoms with Crippen molar-refractivity contribution < 1.29 is 86.3 Å². The number of rotatable bonds is 30. The number of hydrogen-bond donors (Lipinski definition) is 3. The highest BCUT2D eigenvalue weighted by Gasteiger charge is 2.80. The largest absolute Gasteiger partial charge is 0.509 e. The summed E-state index contributed by atoms with van der Waals surface area (Å²) in [7, 11) is 0. The minimum atomic E-state index is -1.95. The average molecular weight is 1200 g/mol. The van der Waals surface area contributed by atoms with E-state index < -0.39 is 131 Å². The molecule has 19 heteroatoms. The van der Waals surface area contributed by atoms with E-state index in [0.717, 1.165) is 19.3 Å². The Morgan fingerprint density at radius 3 is 2.02 bits per heavy atom. The van der Waals surface area contributed by atoms with Crippen LogP contribution in [0.2, 0.25) is 0 Å². The molecule has 85 heavy (non-hydrogen) atoms. The highest BCUT2D eigenvalue weighted by atomic mass is 16.8. The third kappa shape index (κ3) is 16.0. The summed E-state index contributed by atoms with van der Waals surface area (Å²) in [6, 6.07) is 7.02. The number of nitrogens with one attached hydrogen (secondary N) is 1. The molecule has 6 aliphatic rings. The van der Waals surface area contributed by atoms with Crippen LogP contribution < -0.4 is 5.32 Å². The Bertz CT molecular complexity index is 2440. The van der Waals surface area contributed by atoms with E-state index in [9.17, 15) is 29.4 Å². The van der Waals surface area contributed by atoms with Crippen LogP contribution in [-0.4, -0.2) is 144 Å². The van der Waals surface area contributed by atoms with Gasteiger partial charge in [0.1, 0.15) is 42.7 Å². The van der Waals surface area contributed by atoms with Crippen molar-refractivity contribution in [1.82, 2.24) is 5.32 Å². The molecule has 0 aromatic heterocycles. The van der Waals surface area contributed by atoms with Gasteiger partial charge in [-0.3, -0.25) is 4.79 Å². The molecule has 2 saturated carbocycles. The summed E-state index contributed by atoms with van der Waals surface area (Å²) in [5.41, 5.74) is -7.01. The Labute approximate surface area is 504 Å². The molecule has 1 aromatic rings. The molecule has 3 aliphatic heterocycles. The predicted octanol–water partition coefficient (Wildman–Crippen LogP) is 11.5. The highest BCUT2D eigenvalue weighted by molar-refractivity contribution is 5.89. The molecular weight excluding hydrogens is 1090 g/mol. The number of esters is 3. The van der Waals surface area contributed by atoms with Crippen LogP contribution in [0.3, 0.4) is 0 Å². The normalized spacial score (nSPS) is 31.2. The summed E-state index contributed by atoms with van der Waals surface area (Å²) in [6.45, 7) is 22.5. The number of ether oxygens (including phenoxy) is 11. The third-order valence-electron chi connectivity index (χ3n) is 18.4. The fraction of sp³-hybridized carbons (Fsp3) is 0.773. The summed E-state index contributed by atoms with van der Waals surface area (Å²) in [4.78, 5) is 71.0. The zero-order valence-electron chi connectivity index (χ0n) is 52.7. The zero-order valence-corrected chi connectivity index (χ0v) is 52.7. The lowest BCUT2D eigenvalue weighted by molar-refractivity contribution is -0.392. The van der Waals surface area contributed by atoms with Gasteiger partial charge in [-0.25, -0.2) is 19.2 Å². The fourth-order valence-electron chi connectivity index (χ4n) is 14.4. The molecular formula is C66H101NO18. The maximum atomic E-state index is 15.3. The maximum Gasteiger partial charge on any atom is 0.509 e. The van der Waals surface area contributed by atoms with Gasteiger partial charge in [-0.05, 0) is 96.1 Å². The Balaban J connectivity index is 1.11. The number of hydrogen-bond acceptors (Lipinski definition) is 18. The topological polar surface area (TPSA) is 239 Å². The number of amides is 1. The minimum absolute atomic E-state index is 0.0931. The predicted molar refractivity (Wildman–Crippen MR) is 315 cm³/mol. The first-order valence-electron chi connectivity index (χ1n) is 31.7. The van der Waals surface area contributed by atoms with Crippen LogP contribution in [-0.2, 0) is 61.7 Å². The molecule has 15 atom stereocenters. The molecule has 1 amide bonds. The Hall–Kier alpha value is -4.63. The average Bonchev–Trinajstić information content (AvgIpc) is 1.61. The van der Waals surface area contributed by atoms with Crippen molar-refractivity contribution in [1.29, 1.82) is 0 Å². The molecule has 3 aliphatic carbocycles. The van der Waals surface area contributed by atoms with Crippen LogP contribution in [0.25, 0.3) is 0 Å². The SMILES string of the molecule is C=C[C@H]1O[C@H]2C[C@H]3OC[C@@]3(OC(C)=O)[C@H]3[C@H](OC(=O)c4ccccc4)[C@]4(C(C)(C)O)C[C@H](OC(=O)[C@H](OC(=O)OCC5COC(CCCCCCCCCCCCCCCCC)O5)[C@H](CC(C)C)NC(=O)OC(C)(C)C)C(C)=C4[C@H](O)[C@H](O1)[C@]23C. The summed E-state index contributed by atoms with van der Waals surface area (Å²) in [5, 5.41) is 29.1. The lowest BCUT2D eigenvalue weighted by Crippen LogP contribution is -2.80. The standard InChI is InChI=1S/C66H101NO18/c1-13-15-16-17-18-19-20-21-22-23-24-25-26-27-31-34-51-75-38-45(78-51)39-76-61(73)82-54(46(35-41(3)4)67-60(72)85-62(7,8)9)59(71)79-47-37-65(63(10,11)74)52(42(47)5)53(69)56-64(12)48(80-50(14-2)81-56)36-49-66(40-77-49,84-43(6)68)55(64)57(65)83-58(70)44-32-29-28-30-33-44/h14,28-30,32-33,41,45-51,53-57,69,74H,2,13,15-27,31,34-40H2,1,3-12H3,(H,67,72)/t45?,46-,47-,48-,49+,50-,51?,53-,54+,55-,56-,57-,64+,65-,66-/m0/s1. The summed E-state index contributed by atoms with van der Waals surface area (Å²) < 4.78 is 68.4.